The van der Waals surface area contributed by atoms with Crippen LogP contribution < -0.4 is 10.9 Å². The van der Waals surface area contributed by atoms with Gasteiger partial charge in [0.15, 0.2) is 0 Å². The molecule has 1 atom stereocenters. The van der Waals surface area contributed by atoms with Gasteiger partial charge in [-0.1, -0.05) is 0 Å². The molecule has 0 aromatic carbocycles. The molecule has 0 bridgehead atoms. The standard InChI is InChI=1S/C17H19N5O3/c1-9-6-22-7-11(4-5-12(22)19-9)20-15(23)13-10(2)25-16-14(13)17(24)21(3)8-18-16/h6,8,11H,4-5,7H2,1-3H3,(H,20,23)/t11-/m0/s1. The van der Waals surface area contributed by atoms with E-state index in [9.17, 15) is 9.59 Å². The van der Waals surface area contributed by atoms with E-state index in [1.165, 1.54) is 10.9 Å². The summed E-state index contributed by atoms with van der Waals surface area (Å²) in [4.78, 5) is 33.8. The number of carbonyl (C=O) groups excluding carboxylic acids is 1. The molecule has 1 aliphatic heterocycles. The molecule has 0 fully saturated rings. The van der Waals surface area contributed by atoms with Gasteiger partial charge in [-0.3, -0.25) is 9.59 Å². The van der Waals surface area contributed by atoms with E-state index in [1.807, 2.05) is 13.1 Å². The van der Waals surface area contributed by atoms with E-state index in [4.69, 9.17) is 4.42 Å². The van der Waals surface area contributed by atoms with Gasteiger partial charge in [-0.2, -0.15) is 0 Å². The molecule has 0 spiro atoms. The Balaban J connectivity index is 1.64. The fraction of sp³-hybridized carbons (Fsp3) is 0.412. The lowest BCUT2D eigenvalue weighted by atomic mass is 10.1. The maximum absolute atomic E-state index is 12.8. The molecule has 8 nitrogen and oxygen atoms in total. The number of nitrogens with one attached hydrogen (secondary N) is 1. The zero-order valence-corrected chi connectivity index (χ0v) is 14.4. The van der Waals surface area contributed by atoms with Crippen molar-refractivity contribution in [2.45, 2.75) is 39.3 Å². The number of rotatable bonds is 2. The Bertz CT molecular complexity index is 1040. The largest absolute Gasteiger partial charge is 0.442 e. The summed E-state index contributed by atoms with van der Waals surface area (Å²) in [5, 5.41) is 3.26. The Morgan fingerprint density at radius 2 is 2.20 bits per heavy atom. The Labute approximate surface area is 143 Å². The van der Waals surface area contributed by atoms with Crippen LogP contribution in [0.2, 0.25) is 0 Å². The maximum Gasteiger partial charge on any atom is 0.265 e. The normalized spacial score (nSPS) is 16.8. The molecule has 130 valence electrons. The second-order valence-electron chi connectivity index (χ2n) is 6.53. The zero-order chi connectivity index (χ0) is 17.7. The third kappa shape index (κ3) is 2.54. The van der Waals surface area contributed by atoms with Crippen LogP contribution in [0.25, 0.3) is 11.1 Å². The molecule has 25 heavy (non-hydrogen) atoms. The number of hydrogen-bond acceptors (Lipinski definition) is 5. The second-order valence-corrected chi connectivity index (χ2v) is 6.53. The molecule has 1 aliphatic rings. The van der Waals surface area contributed by atoms with Crippen molar-refractivity contribution < 1.29 is 9.21 Å². The molecular weight excluding hydrogens is 322 g/mol. The van der Waals surface area contributed by atoms with Gasteiger partial charge in [-0.25, -0.2) is 9.97 Å². The maximum atomic E-state index is 12.8. The first-order valence-corrected chi connectivity index (χ1v) is 8.22. The van der Waals surface area contributed by atoms with Crippen molar-refractivity contribution in [1.82, 2.24) is 24.4 Å². The van der Waals surface area contributed by atoms with Crippen LogP contribution in [0.1, 0.15) is 34.1 Å². The van der Waals surface area contributed by atoms with E-state index in [0.717, 1.165) is 24.4 Å². The molecule has 0 radical (unpaired) electrons. The fourth-order valence-corrected chi connectivity index (χ4v) is 3.42. The number of aryl methyl sites for hydroxylation is 4. The van der Waals surface area contributed by atoms with E-state index >= 15 is 0 Å². The fourth-order valence-electron chi connectivity index (χ4n) is 3.42. The van der Waals surface area contributed by atoms with Gasteiger partial charge in [0.05, 0.1) is 11.3 Å². The summed E-state index contributed by atoms with van der Waals surface area (Å²) >= 11 is 0. The van der Waals surface area contributed by atoms with Crippen LogP contribution in [0.5, 0.6) is 0 Å². The van der Waals surface area contributed by atoms with Gasteiger partial charge in [-0.05, 0) is 20.3 Å². The minimum atomic E-state index is -0.299. The lowest BCUT2D eigenvalue weighted by molar-refractivity contribution is 0.0927. The first-order chi connectivity index (χ1) is 11.9. The van der Waals surface area contributed by atoms with Crippen LogP contribution in [-0.2, 0) is 20.0 Å². The average molecular weight is 341 g/mol. The van der Waals surface area contributed by atoms with E-state index < -0.39 is 0 Å². The van der Waals surface area contributed by atoms with E-state index in [-0.39, 0.29) is 34.2 Å². The van der Waals surface area contributed by atoms with Gasteiger partial charge in [0.25, 0.3) is 11.5 Å². The minimum absolute atomic E-state index is 0.0153. The smallest absolute Gasteiger partial charge is 0.265 e. The number of carbonyl (C=O) groups is 1. The Morgan fingerprint density at radius 1 is 1.40 bits per heavy atom. The number of furan rings is 1. The first-order valence-electron chi connectivity index (χ1n) is 8.22. The highest BCUT2D eigenvalue weighted by molar-refractivity contribution is 6.06. The predicted octanol–water partition coefficient (Wildman–Crippen LogP) is 1.08. The lowest BCUT2D eigenvalue weighted by Crippen LogP contribution is -2.41. The molecule has 4 heterocycles. The van der Waals surface area contributed by atoms with Crippen LogP contribution in [-0.4, -0.2) is 31.1 Å². The average Bonchev–Trinajstić information content (AvgIpc) is 3.09. The summed E-state index contributed by atoms with van der Waals surface area (Å²) in [5.74, 6) is 1.15. The number of amides is 1. The van der Waals surface area contributed by atoms with Gasteiger partial charge in [0, 0.05) is 32.3 Å². The van der Waals surface area contributed by atoms with Crippen LogP contribution in [0.3, 0.4) is 0 Å². The predicted molar refractivity (Wildman–Crippen MR) is 90.5 cm³/mol. The van der Waals surface area contributed by atoms with Gasteiger partial charge in [-0.15, -0.1) is 0 Å². The summed E-state index contributed by atoms with van der Waals surface area (Å²) < 4.78 is 8.92. The Kier molecular flexibility index (Phi) is 3.48. The summed E-state index contributed by atoms with van der Waals surface area (Å²) in [6.07, 6.45) is 5.01. The van der Waals surface area contributed by atoms with Gasteiger partial charge in [0.1, 0.15) is 23.3 Å². The van der Waals surface area contributed by atoms with Crippen molar-refractivity contribution in [3.8, 4) is 0 Å². The minimum Gasteiger partial charge on any atom is -0.442 e. The summed E-state index contributed by atoms with van der Waals surface area (Å²) in [5.41, 5.74) is 1.16. The molecule has 0 aliphatic carbocycles. The van der Waals surface area contributed by atoms with E-state index in [2.05, 4.69) is 19.9 Å². The van der Waals surface area contributed by atoms with Crippen molar-refractivity contribution in [1.29, 1.82) is 0 Å². The highest BCUT2D eigenvalue weighted by Crippen LogP contribution is 2.22. The number of imidazole rings is 1. The third-order valence-corrected chi connectivity index (χ3v) is 4.62. The zero-order valence-electron chi connectivity index (χ0n) is 14.4. The molecule has 3 aromatic heterocycles. The molecule has 1 N–H and O–H groups in total. The third-order valence-electron chi connectivity index (χ3n) is 4.62. The van der Waals surface area contributed by atoms with Crippen molar-refractivity contribution in [3.63, 3.8) is 0 Å². The molecule has 0 unspecified atom stereocenters. The highest BCUT2D eigenvalue weighted by atomic mass is 16.3. The van der Waals surface area contributed by atoms with Crippen molar-refractivity contribution in [3.05, 3.63) is 45.7 Å². The van der Waals surface area contributed by atoms with E-state index in [1.54, 1.807) is 14.0 Å². The lowest BCUT2D eigenvalue weighted by Gasteiger charge is -2.24. The molecule has 0 saturated heterocycles. The second kappa shape index (κ2) is 5.58. The van der Waals surface area contributed by atoms with Crippen LogP contribution in [0.4, 0.5) is 0 Å². The molecule has 0 saturated carbocycles. The highest BCUT2D eigenvalue weighted by Gasteiger charge is 2.26. The van der Waals surface area contributed by atoms with E-state index in [0.29, 0.717) is 12.3 Å². The first kappa shape index (κ1) is 15.6. The summed E-state index contributed by atoms with van der Waals surface area (Å²) in [6.45, 7) is 4.31. The number of aromatic nitrogens is 4. The Morgan fingerprint density at radius 3 is 3.00 bits per heavy atom. The molecule has 3 aromatic rings. The molecular formula is C17H19N5O3. The van der Waals surface area contributed by atoms with Gasteiger partial charge < -0.3 is 18.9 Å². The summed E-state index contributed by atoms with van der Waals surface area (Å²) in [6, 6.07) is -0.0153. The topological polar surface area (TPSA) is 94.9 Å². The van der Waals surface area contributed by atoms with Crippen molar-refractivity contribution in [2.75, 3.05) is 0 Å². The van der Waals surface area contributed by atoms with Crippen LogP contribution >= 0.6 is 0 Å². The molecule has 1 amide bonds. The number of hydrogen-bond donors (Lipinski definition) is 1. The SMILES string of the molecule is Cc1cn2c(n1)CC[C@H](NC(=O)c1c(C)oc3ncn(C)c(=O)c13)C2. The van der Waals surface area contributed by atoms with Crippen LogP contribution in [0.15, 0.2) is 21.7 Å². The number of nitrogens with zero attached hydrogens (tertiary/aromatic N) is 4. The summed E-state index contributed by atoms with van der Waals surface area (Å²) in [7, 11) is 1.60. The van der Waals surface area contributed by atoms with Crippen molar-refractivity contribution in [2.24, 2.45) is 7.05 Å². The Hall–Kier alpha value is -2.90. The molecule has 4 rings (SSSR count). The monoisotopic (exact) mass is 341 g/mol. The van der Waals surface area contributed by atoms with Gasteiger partial charge >= 0.3 is 0 Å². The molecule has 8 heteroatoms. The van der Waals surface area contributed by atoms with Crippen molar-refractivity contribution >= 4 is 17.0 Å². The number of fused-ring (bicyclic) bond motifs is 2. The van der Waals surface area contributed by atoms with Gasteiger partial charge in [0.2, 0.25) is 5.71 Å². The quantitative estimate of drug-likeness (QED) is 0.753. The van der Waals surface area contributed by atoms with Crippen LogP contribution in [0, 0.1) is 13.8 Å².